The number of Topliss-reactive ketones (excluding diaryl/α,β-unsaturated/α-hetero) is 1. The zero-order valence-corrected chi connectivity index (χ0v) is 15.9. The molecule has 0 saturated carbocycles. The minimum atomic E-state index is -0.886. The second kappa shape index (κ2) is 7.70. The number of carbonyl (C=O) groups is 1. The van der Waals surface area contributed by atoms with Gasteiger partial charge in [0.25, 0.3) is 0 Å². The van der Waals surface area contributed by atoms with Gasteiger partial charge in [0.1, 0.15) is 0 Å². The maximum atomic E-state index is 12.8. The highest BCUT2D eigenvalue weighted by atomic mass is 127. The molecular weight excluding hydrogens is 427 g/mol. The third kappa shape index (κ3) is 3.69. The summed E-state index contributed by atoms with van der Waals surface area (Å²) < 4.78 is 1.40. The van der Waals surface area contributed by atoms with Crippen LogP contribution in [0.5, 0.6) is 11.5 Å². The van der Waals surface area contributed by atoms with E-state index in [1.807, 2.05) is 60.7 Å². The highest BCUT2D eigenvalue weighted by Crippen LogP contribution is 2.34. The first-order chi connectivity index (χ1) is 12.1. The van der Waals surface area contributed by atoms with Crippen molar-refractivity contribution < 1.29 is 36.2 Å². The predicted octanol–water partition coefficient (Wildman–Crippen LogP) is 0.854. The van der Waals surface area contributed by atoms with Crippen LogP contribution in [0.1, 0.15) is 23.7 Å². The van der Waals surface area contributed by atoms with Crippen molar-refractivity contribution in [1.29, 1.82) is 0 Å². The van der Waals surface area contributed by atoms with E-state index in [0.29, 0.717) is 9.13 Å². The fourth-order valence-electron chi connectivity index (χ4n) is 2.53. The lowest BCUT2D eigenvalue weighted by Gasteiger charge is -2.16. The first-order valence-electron chi connectivity index (χ1n) is 7.97. The number of ketones is 1. The lowest BCUT2D eigenvalue weighted by Crippen LogP contribution is -3.61. The van der Waals surface area contributed by atoms with Gasteiger partial charge in [-0.3, -0.25) is 4.79 Å². The summed E-state index contributed by atoms with van der Waals surface area (Å²) in [7, 11) is 0. The van der Waals surface area contributed by atoms with Gasteiger partial charge in [0, 0.05) is 17.5 Å². The molecule has 0 amide bonds. The lowest BCUT2D eigenvalue weighted by molar-refractivity contribution is -0.604. The number of carbonyl (C=O) groups excluding carboxylic acids is 1. The van der Waals surface area contributed by atoms with Crippen LogP contribution in [-0.4, -0.2) is 10.9 Å². The highest BCUT2D eigenvalue weighted by Gasteiger charge is 2.27. The van der Waals surface area contributed by atoms with Crippen molar-refractivity contribution >= 4 is 5.78 Å². The van der Waals surface area contributed by atoms with Crippen molar-refractivity contribution in [3.63, 3.8) is 0 Å². The van der Waals surface area contributed by atoms with Gasteiger partial charge in [0.05, 0.1) is 0 Å². The molecule has 0 bridgehead atoms. The second-order valence-corrected chi connectivity index (χ2v) is 8.36. The molecule has 0 aliphatic heterocycles. The largest absolute Gasteiger partial charge is 0.869 e. The van der Waals surface area contributed by atoms with Gasteiger partial charge in [-0.15, -0.1) is 0 Å². The fraction of sp³-hybridized carbons (Fsp3) is 0.0952. The van der Waals surface area contributed by atoms with Gasteiger partial charge in [0.2, 0.25) is 3.57 Å². The summed E-state index contributed by atoms with van der Waals surface area (Å²) in [6.45, 7) is 1.74. The van der Waals surface area contributed by atoms with Crippen LogP contribution in [0.25, 0.3) is 11.1 Å². The highest BCUT2D eigenvalue weighted by molar-refractivity contribution is 6.00. The summed E-state index contributed by atoms with van der Waals surface area (Å²) in [6.07, 6.45) is 0.261. The van der Waals surface area contributed by atoms with E-state index >= 15 is 0 Å². The minimum absolute atomic E-state index is 0.000469. The Morgan fingerprint density at radius 3 is 2.24 bits per heavy atom. The van der Waals surface area contributed by atoms with Crippen LogP contribution in [-0.2, 0) is 0 Å². The van der Waals surface area contributed by atoms with E-state index in [0.717, 1.165) is 9.13 Å². The molecule has 3 aromatic carbocycles. The molecule has 0 unspecified atom stereocenters. The number of hydrogen-bond acceptors (Lipinski definition) is 3. The molecular formula is C21H17IO3. The van der Waals surface area contributed by atoms with E-state index in [1.54, 1.807) is 6.92 Å². The first-order valence-corrected chi connectivity index (χ1v) is 10.1. The predicted molar refractivity (Wildman–Crippen MR) is 91.4 cm³/mol. The monoisotopic (exact) mass is 444 g/mol. The normalized spacial score (nSPS) is 10.6. The third-order valence-electron chi connectivity index (χ3n) is 3.84. The molecule has 0 saturated heterocycles. The van der Waals surface area contributed by atoms with Gasteiger partial charge >= 0.3 is 21.2 Å². The van der Waals surface area contributed by atoms with Crippen molar-refractivity contribution in [3.8, 4) is 22.6 Å². The van der Waals surface area contributed by atoms with Crippen LogP contribution in [0.2, 0.25) is 0 Å². The molecule has 3 rings (SSSR count). The van der Waals surface area contributed by atoms with E-state index in [1.165, 1.54) is 6.07 Å². The number of hydrogen-bond donors (Lipinski definition) is 1. The Hall–Kier alpha value is -2.34. The minimum Gasteiger partial charge on any atom is -0.869 e. The number of phenolic OH excluding ortho intramolecular Hbond substituents is 1. The molecule has 0 atom stereocenters. The van der Waals surface area contributed by atoms with E-state index in [2.05, 4.69) is 0 Å². The van der Waals surface area contributed by atoms with Gasteiger partial charge < -0.3 is 10.2 Å². The van der Waals surface area contributed by atoms with E-state index in [4.69, 9.17) is 0 Å². The average Bonchev–Trinajstić information content (AvgIpc) is 2.66. The molecule has 0 aromatic heterocycles. The molecule has 0 aliphatic rings. The van der Waals surface area contributed by atoms with Crippen molar-refractivity contribution in [3.05, 3.63) is 79.4 Å². The zero-order valence-electron chi connectivity index (χ0n) is 13.7. The van der Waals surface area contributed by atoms with Crippen LogP contribution in [0, 0.1) is 7.14 Å². The van der Waals surface area contributed by atoms with Crippen LogP contribution < -0.4 is 26.3 Å². The summed E-state index contributed by atoms with van der Waals surface area (Å²) in [6, 6.07) is 20.5. The van der Waals surface area contributed by atoms with Gasteiger partial charge in [-0.05, 0) is 29.5 Å². The van der Waals surface area contributed by atoms with Crippen LogP contribution in [0.4, 0.5) is 0 Å². The molecule has 3 aromatic rings. The fourth-order valence-corrected chi connectivity index (χ4v) is 5.01. The molecule has 25 heavy (non-hydrogen) atoms. The number of halogens is 1. The smallest absolute Gasteiger partial charge is 0.361 e. The molecule has 0 spiro atoms. The van der Waals surface area contributed by atoms with E-state index in [-0.39, 0.29) is 29.3 Å². The van der Waals surface area contributed by atoms with Gasteiger partial charge in [-0.1, -0.05) is 55.5 Å². The van der Waals surface area contributed by atoms with E-state index < -0.39 is 21.2 Å². The van der Waals surface area contributed by atoms with Crippen molar-refractivity contribution in [2.75, 3.05) is 0 Å². The second-order valence-electron chi connectivity index (χ2n) is 5.50. The molecule has 4 heteroatoms. The summed E-state index contributed by atoms with van der Waals surface area (Å²) in [5, 5.41) is 23.6. The number of benzene rings is 3. The molecule has 126 valence electrons. The Bertz CT molecular complexity index is 890. The third-order valence-corrected chi connectivity index (χ3v) is 6.72. The summed E-state index contributed by atoms with van der Waals surface area (Å²) >= 11 is -0.886. The van der Waals surface area contributed by atoms with E-state index in [9.17, 15) is 15.0 Å². The summed E-state index contributed by atoms with van der Waals surface area (Å²) in [5.74, 6) is -0.526. The Morgan fingerprint density at radius 2 is 1.64 bits per heavy atom. The van der Waals surface area contributed by atoms with Crippen LogP contribution >= 0.6 is 0 Å². The first kappa shape index (κ1) is 17.5. The maximum absolute atomic E-state index is 12.8. The zero-order chi connectivity index (χ0) is 17.8. The Balaban J connectivity index is 2.20. The number of aromatic hydroxyl groups is 1. The van der Waals surface area contributed by atoms with Crippen molar-refractivity contribution in [2.45, 2.75) is 13.3 Å². The summed E-state index contributed by atoms with van der Waals surface area (Å²) in [4.78, 5) is 12.3. The molecule has 0 fully saturated rings. The average molecular weight is 444 g/mol. The quantitative estimate of drug-likeness (QED) is 0.469. The molecule has 0 aliphatic carbocycles. The summed E-state index contributed by atoms with van der Waals surface area (Å²) in [5.41, 5.74) is 1.51. The Morgan fingerprint density at radius 1 is 1.04 bits per heavy atom. The Kier molecular flexibility index (Phi) is 5.38. The maximum Gasteiger partial charge on any atom is 0.361 e. The Labute approximate surface area is 157 Å². The molecule has 0 heterocycles. The van der Waals surface area contributed by atoms with Gasteiger partial charge in [-0.25, -0.2) is 0 Å². The van der Waals surface area contributed by atoms with Crippen LogP contribution in [0.15, 0.2) is 66.7 Å². The SMILES string of the molecule is CCC(=O)c1cc(-c2ccccc2)c(O)c([I+]c2ccccc2)c1[O-]. The topological polar surface area (TPSA) is 60.4 Å². The van der Waals surface area contributed by atoms with Crippen LogP contribution in [0.3, 0.4) is 0 Å². The van der Waals surface area contributed by atoms with Gasteiger partial charge in [-0.2, -0.15) is 0 Å². The number of rotatable bonds is 5. The van der Waals surface area contributed by atoms with Gasteiger partial charge in [0.15, 0.2) is 15.1 Å². The molecule has 3 nitrogen and oxygen atoms in total. The number of phenols is 1. The standard InChI is InChI=1S/C21H17IO3/c1-2-18(23)17-13-16(14-9-5-3-6-10-14)20(24)19(21(17)25)22-15-11-7-4-8-12-15/h3-13H,2H2,1H3,(H-,23,24,25). The molecule has 1 N–H and O–H groups in total. The molecule has 0 radical (unpaired) electrons. The lowest BCUT2D eigenvalue weighted by atomic mass is 9.98. The van der Waals surface area contributed by atoms with Crippen molar-refractivity contribution in [1.82, 2.24) is 0 Å². The van der Waals surface area contributed by atoms with Crippen molar-refractivity contribution in [2.24, 2.45) is 0 Å².